The lowest BCUT2D eigenvalue weighted by atomic mass is 10.2. The van der Waals surface area contributed by atoms with Crippen molar-refractivity contribution in [2.45, 2.75) is 0 Å². The highest BCUT2D eigenvalue weighted by Gasteiger charge is 2.01. The number of carbonyl (C=O) groups excluding carboxylic acids is 1. The zero-order valence-electron chi connectivity index (χ0n) is 13.5. The highest BCUT2D eigenvalue weighted by atomic mass is 16.1. The minimum absolute atomic E-state index is 0.139. The van der Waals surface area contributed by atoms with Gasteiger partial charge in [0.05, 0.1) is 6.54 Å². The molecule has 0 spiro atoms. The molecule has 120 valence electrons. The Kier molecular flexibility index (Phi) is 6.36. The van der Waals surface area contributed by atoms with Crippen LogP contribution in [0.2, 0.25) is 0 Å². The zero-order chi connectivity index (χ0) is 17.2. The second-order valence-corrected chi connectivity index (χ2v) is 5.08. The van der Waals surface area contributed by atoms with Crippen LogP contribution >= 0.6 is 0 Å². The summed E-state index contributed by atoms with van der Waals surface area (Å²) in [5, 5.41) is 0. The second-order valence-electron chi connectivity index (χ2n) is 5.08. The van der Waals surface area contributed by atoms with Crippen LogP contribution in [0.4, 0.5) is 0 Å². The molecule has 0 radical (unpaired) electrons. The molecule has 0 aliphatic heterocycles. The Morgan fingerprint density at radius 1 is 1.12 bits per heavy atom. The first kappa shape index (κ1) is 17.0. The summed E-state index contributed by atoms with van der Waals surface area (Å²) in [7, 11) is 1.74. The topological polar surface area (TPSA) is 58.7 Å². The Morgan fingerprint density at radius 3 is 2.42 bits per heavy atom. The molecular weight excluding hydrogens is 298 g/mol. The van der Waals surface area contributed by atoms with Crippen LogP contribution < -0.4 is 5.73 Å². The summed E-state index contributed by atoms with van der Waals surface area (Å²) < 4.78 is 0. The summed E-state index contributed by atoms with van der Waals surface area (Å²) in [5.41, 5.74) is 7.69. The molecule has 4 nitrogen and oxygen atoms in total. The smallest absolute Gasteiger partial charge is 0.272 e. The fourth-order valence-corrected chi connectivity index (χ4v) is 1.83. The molecule has 0 fully saturated rings. The summed E-state index contributed by atoms with van der Waals surface area (Å²) in [6.45, 7) is 0.389. The highest BCUT2D eigenvalue weighted by Crippen LogP contribution is 2.01. The first-order chi connectivity index (χ1) is 11.6. The summed E-state index contributed by atoms with van der Waals surface area (Å²) in [5.74, 6) is 5.76. The first-order valence-electron chi connectivity index (χ1n) is 7.51. The van der Waals surface area contributed by atoms with E-state index >= 15 is 0 Å². The van der Waals surface area contributed by atoms with Crippen molar-refractivity contribution in [2.24, 2.45) is 10.7 Å². The van der Waals surface area contributed by atoms with Crippen LogP contribution in [0.3, 0.4) is 0 Å². The molecule has 0 unspecified atom stereocenters. The predicted molar refractivity (Wildman–Crippen MR) is 98.1 cm³/mol. The van der Waals surface area contributed by atoms with Crippen molar-refractivity contribution in [3.05, 3.63) is 77.9 Å². The van der Waals surface area contributed by atoms with E-state index in [-0.39, 0.29) is 5.96 Å². The van der Waals surface area contributed by atoms with Gasteiger partial charge in [-0.05, 0) is 23.8 Å². The number of carbonyl (C=O) groups is 1. The molecule has 0 bridgehead atoms. The van der Waals surface area contributed by atoms with Crippen LogP contribution in [0.25, 0.3) is 6.08 Å². The average molecular weight is 317 g/mol. The predicted octanol–water partition coefficient (Wildman–Crippen LogP) is 2.52. The van der Waals surface area contributed by atoms with E-state index in [1.54, 1.807) is 18.0 Å². The molecule has 0 saturated carbocycles. The SMILES string of the molecule is CN(CC#Cc1ccccc1)C(N)=NC(=O)/C=C/c1ccccc1. The number of benzene rings is 2. The van der Waals surface area contributed by atoms with E-state index in [4.69, 9.17) is 5.73 Å². The van der Waals surface area contributed by atoms with Crippen LogP contribution in [-0.4, -0.2) is 30.4 Å². The van der Waals surface area contributed by atoms with Gasteiger partial charge in [-0.1, -0.05) is 60.4 Å². The molecule has 2 aromatic rings. The third-order valence-corrected chi connectivity index (χ3v) is 3.16. The van der Waals surface area contributed by atoms with Gasteiger partial charge in [-0.25, -0.2) is 0 Å². The molecule has 0 atom stereocenters. The van der Waals surface area contributed by atoms with Crippen LogP contribution in [-0.2, 0) is 4.79 Å². The third kappa shape index (κ3) is 5.82. The van der Waals surface area contributed by atoms with E-state index in [0.29, 0.717) is 6.54 Å². The third-order valence-electron chi connectivity index (χ3n) is 3.16. The van der Waals surface area contributed by atoms with Gasteiger partial charge in [0.25, 0.3) is 5.91 Å². The summed E-state index contributed by atoms with van der Waals surface area (Å²) in [4.78, 5) is 17.3. The number of rotatable bonds is 3. The lowest BCUT2D eigenvalue weighted by molar-refractivity contribution is -0.113. The lowest BCUT2D eigenvalue weighted by Gasteiger charge is -2.13. The summed E-state index contributed by atoms with van der Waals surface area (Å²) >= 11 is 0. The second kappa shape index (κ2) is 8.96. The number of hydrogen-bond donors (Lipinski definition) is 1. The monoisotopic (exact) mass is 317 g/mol. The molecule has 0 aromatic heterocycles. The van der Waals surface area contributed by atoms with Crippen LogP contribution in [0.15, 0.2) is 71.7 Å². The van der Waals surface area contributed by atoms with Crippen LogP contribution in [0, 0.1) is 11.8 Å². The Balaban J connectivity index is 1.91. The van der Waals surface area contributed by atoms with Crippen molar-refractivity contribution >= 4 is 17.9 Å². The number of nitrogens with zero attached hydrogens (tertiary/aromatic N) is 2. The molecule has 4 heteroatoms. The molecule has 1 amide bonds. The number of amides is 1. The maximum atomic E-state index is 11.8. The molecular formula is C20H19N3O. The Labute approximate surface area is 142 Å². The maximum absolute atomic E-state index is 11.8. The molecule has 0 aliphatic rings. The zero-order valence-corrected chi connectivity index (χ0v) is 13.5. The highest BCUT2D eigenvalue weighted by molar-refractivity contribution is 6.00. The van der Waals surface area contributed by atoms with Crippen molar-refractivity contribution in [3.8, 4) is 11.8 Å². The summed E-state index contributed by atoms with van der Waals surface area (Å²) in [6, 6.07) is 19.2. The van der Waals surface area contributed by atoms with E-state index < -0.39 is 5.91 Å². The molecule has 2 rings (SSSR count). The van der Waals surface area contributed by atoms with Crippen molar-refractivity contribution in [2.75, 3.05) is 13.6 Å². The Bertz CT molecular complexity index is 784. The van der Waals surface area contributed by atoms with E-state index in [2.05, 4.69) is 16.8 Å². The fraction of sp³-hybridized carbons (Fsp3) is 0.100. The number of aliphatic imine (C=N–C) groups is 1. The molecule has 0 saturated heterocycles. The van der Waals surface area contributed by atoms with Crippen LogP contribution in [0.1, 0.15) is 11.1 Å². The normalized spacial score (nSPS) is 11.0. The molecule has 24 heavy (non-hydrogen) atoms. The van der Waals surface area contributed by atoms with Crippen molar-refractivity contribution < 1.29 is 4.79 Å². The van der Waals surface area contributed by atoms with E-state index in [0.717, 1.165) is 11.1 Å². The number of guanidine groups is 1. The molecule has 2 N–H and O–H groups in total. The largest absolute Gasteiger partial charge is 0.369 e. The number of hydrogen-bond acceptors (Lipinski definition) is 1. The van der Waals surface area contributed by atoms with E-state index in [9.17, 15) is 4.79 Å². The van der Waals surface area contributed by atoms with Gasteiger partial charge in [0.2, 0.25) is 0 Å². The lowest BCUT2D eigenvalue weighted by Crippen LogP contribution is -2.34. The van der Waals surface area contributed by atoms with Gasteiger partial charge >= 0.3 is 0 Å². The maximum Gasteiger partial charge on any atom is 0.272 e. The minimum Gasteiger partial charge on any atom is -0.369 e. The minimum atomic E-state index is -0.403. The quantitative estimate of drug-likeness (QED) is 0.409. The van der Waals surface area contributed by atoms with Crippen molar-refractivity contribution in [1.82, 2.24) is 4.90 Å². The van der Waals surface area contributed by atoms with Gasteiger partial charge in [-0.2, -0.15) is 4.99 Å². The van der Waals surface area contributed by atoms with Crippen molar-refractivity contribution in [1.29, 1.82) is 0 Å². The van der Waals surface area contributed by atoms with Crippen LogP contribution in [0.5, 0.6) is 0 Å². The van der Waals surface area contributed by atoms with Gasteiger partial charge in [-0.3, -0.25) is 4.79 Å². The average Bonchev–Trinajstić information content (AvgIpc) is 2.61. The van der Waals surface area contributed by atoms with Gasteiger partial charge in [0.15, 0.2) is 5.96 Å². The van der Waals surface area contributed by atoms with Gasteiger partial charge in [0.1, 0.15) is 0 Å². The fourth-order valence-electron chi connectivity index (χ4n) is 1.83. The first-order valence-corrected chi connectivity index (χ1v) is 7.51. The van der Waals surface area contributed by atoms with Crippen molar-refractivity contribution in [3.63, 3.8) is 0 Å². The summed E-state index contributed by atoms with van der Waals surface area (Å²) in [6.07, 6.45) is 3.10. The van der Waals surface area contributed by atoms with Gasteiger partial charge in [0, 0.05) is 18.7 Å². The van der Waals surface area contributed by atoms with Gasteiger partial charge < -0.3 is 10.6 Å². The standard InChI is InChI=1S/C20H19N3O/c1-23(16-8-13-17-9-4-2-5-10-17)20(21)22-19(24)15-14-18-11-6-3-7-12-18/h2-7,9-12,14-15H,16H2,1H3,(H2,21,22,24)/b15-14+. The Hall–Kier alpha value is -3.32. The molecule has 0 aliphatic carbocycles. The Morgan fingerprint density at radius 2 is 1.75 bits per heavy atom. The molecule has 2 aromatic carbocycles. The number of nitrogens with two attached hydrogens (primary N) is 1. The van der Waals surface area contributed by atoms with E-state index in [1.807, 2.05) is 60.7 Å². The van der Waals surface area contributed by atoms with Gasteiger partial charge in [-0.15, -0.1) is 0 Å². The molecule has 0 heterocycles. The van der Waals surface area contributed by atoms with E-state index in [1.165, 1.54) is 6.08 Å².